The van der Waals surface area contributed by atoms with Crippen LogP contribution in [0.25, 0.3) is 11.3 Å². The molecule has 0 saturated carbocycles. The second-order valence-corrected chi connectivity index (χ2v) is 9.27. The minimum atomic E-state index is -0.122. The van der Waals surface area contributed by atoms with Crippen LogP contribution in [-0.4, -0.2) is 36.3 Å². The number of morpholine rings is 1. The highest BCUT2D eigenvalue weighted by molar-refractivity contribution is 5.74. The fraction of sp³-hybridized carbons (Fsp3) is 0.241. The molecule has 2 aromatic heterocycles. The van der Waals surface area contributed by atoms with Crippen LogP contribution in [0.4, 0.5) is 11.4 Å². The Kier molecular flexibility index (Phi) is 5.91. The van der Waals surface area contributed by atoms with Crippen molar-refractivity contribution in [3.05, 3.63) is 99.6 Å². The highest BCUT2D eigenvalue weighted by atomic mass is 16.5. The van der Waals surface area contributed by atoms with Gasteiger partial charge in [-0.1, -0.05) is 12.1 Å². The third kappa shape index (κ3) is 4.57. The van der Waals surface area contributed by atoms with Crippen LogP contribution in [0, 0.1) is 6.92 Å². The molecule has 1 saturated heterocycles. The molecule has 6 rings (SSSR count). The fourth-order valence-corrected chi connectivity index (χ4v) is 4.90. The number of rotatable bonds is 5. The second-order valence-electron chi connectivity index (χ2n) is 9.27. The number of hydrogen-bond acceptors (Lipinski definition) is 6. The Morgan fingerprint density at radius 1 is 1.03 bits per heavy atom. The van der Waals surface area contributed by atoms with Crippen molar-refractivity contribution in [3.63, 3.8) is 0 Å². The summed E-state index contributed by atoms with van der Waals surface area (Å²) in [4.78, 5) is 22.0. The van der Waals surface area contributed by atoms with Gasteiger partial charge in [0.25, 0.3) is 0 Å². The van der Waals surface area contributed by atoms with Gasteiger partial charge >= 0.3 is 0 Å². The van der Waals surface area contributed by atoms with E-state index in [0.717, 1.165) is 77.0 Å². The zero-order chi connectivity index (χ0) is 24.5. The summed E-state index contributed by atoms with van der Waals surface area (Å²) in [5.41, 5.74) is 7.92. The molecule has 4 heterocycles. The lowest BCUT2D eigenvalue weighted by atomic mass is 9.96. The van der Waals surface area contributed by atoms with Gasteiger partial charge in [0.15, 0.2) is 0 Å². The number of fused-ring (bicyclic) bond motifs is 2. The van der Waals surface area contributed by atoms with Gasteiger partial charge in [-0.2, -0.15) is 0 Å². The van der Waals surface area contributed by atoms with Crippen molar-refractivity contribution in [2.24, 2.45) is 0 Å². The van der Waals surface area contributed by atoms with Gasteiger partial charge in [-0.25, -0.2) is 0 Å². The number of pyridine rings is 2. The van der Waals surface area contributed by atoms with Gasteiger partial charge in [0.1, 0.15) is 11.5 Å². The third-order valence-electron chi connectivity index (χ3n) is 6.70. The zero-order valence-corrected chi connectivity index (χ0v) is 20.2. The van der Waals surface area contributed by atoms with Gasteiger partial charge < -0.3 is 24.7 Å². The van der Waals surface area contributed by atoms with E-state index >= 15 is 0 Å². The molecule has 2 aromatic carbocycles. The van der Waals surface area contributed by atoms with Crippen molar-refractivity contribution < 1.29 is 9.47 Å². The Morgan fingerprint density at radius 2 is 1.92 bits per heavy atom. The van der Waals surface area contributed by atoms with Crippen LogP contribution in [0.2, 0.25) is 0 Å². The molecule has 4 aromatic rings. The molecular weight excluding hydrogens is 452 g/mol. The summed E-state index contributed by atoms with van der Waals surface area (Å²) in [5, 5.41) is 3.51. The monoisotopic (exact) mass is 480 g/mol. The SMILES string of the molecule is Cc1cc(CNc2ccc3c(c2)Cc2cccc(-c4cc(N5CCOCC5)cc(=O)[nH]4)c2O3)ccn1. The Labute approximate surface area is 209 Å². The number of ether oxygens (including phenoxy) is 2. The maximum atomic E-state index is 12.5. The largest absolute Gasteiger partial charge is 0.456 e. The molecule has 0 unspecified atom stereocenters. The first kappa shape index (κ1) is 22.4. The molecule has 7 heteroatoms. The average Bonchev–Trinajstić information content (AvgIpc) is 2.90. The molecular formula is C29H28N4O3. The van der Waals surface area contributed by atoms with Crippen LogP contribution < -0.4 is 20.5 Å². The summed E-state index contributed by atoms with van der Waals surface area (Å²) in [5.74, 6) is 1.64. The van der Waals surface area contributed by atoms with Crippen LogP contribution in [0.15, 0.2) is 71.7 Å². The van der Waals surface area contributed by atoms with Crippen LogP contribution in [0.1, 0.15) is 22.4 Å². The van der Waals surface area contributed by atoms with E-state index in [9.17, 15) is 4.79 Å². The summed E-state index contributed by atoms with van der Waals surface area (Å²) in [6.07, 6.45) is 2.60. The van der Waals surface area contributed by atoms with E-state index in [4.69, 9.17) is 9.47 Å². The Balaban J connectivity index is 1.26. The number of anilines is 2. The van der Waals surface area contributed by atoms with Gasteiger partial charge in [-0.15, -0.1) is 0 Å². The molecule has 0 atom stereocenters. The van der Waals surface area contributed by atoms with Crippen molar-refractivity contribution in [3.8, 4) is 22.8 Å². The molecule has 0 radical (unpaired) electrons. The molecule has 7 nitrogen and oxygen atoms in total. The summed E-state index contributed by atoms with van der Waals surface area (Å²) in [7, 11) is 0. The Hall–Kier alpha value is -4.10. The number of para-hydroxylation sites is 1. The van der Waals surface area contributed by atoms with Gasteiger partial charge in [-0.3, -0.25) is 9.78 Å². The molecule has 0 aliphatic carbocycles. The standard InChI is InChI=1S/C29H28N4O3/c1-19-13-20(7-8-30-19)18-31-23-5-6-27-22(15-23)14-21-3-2-4-25(29(21)36-27)26-16-24(17-28(34)32-26)33-9-11-35-12-10-33/h2-8,13,15-17,31H,9-12,14,18H2,1H3,(H,32,34). The number of aromatic nitrogens is 2. The maximum absolute atomic E-state index is 12.5. The molecule has 2 aliphatic heterocycles. The Morgan fingerprint density at radius 3 is 2.78 bits per heavy atom. The van der Waals surface area contributed by atoms with Crippen LogP contribution in [0.5, 0.6) is 11.5 Å². The van der Waals surface area contributed by atoms with Crippen molar-refractivity contribution in [2.45, 2.75) is 19.9 Å². The van der Waals surface area contributed by atoms with E-state index in [1.54, 1.807) is 6.07 Å². The van der Waals surface area contributed by atoms with Crippen molar-refractivity contribution in [1.29, 1.82) is 0 Å². The van der Waals surface area contributed by atoms with Crippen molar-refractivity contribution in [1.82, 2.24) is 9.97 Å². The lowest BCUT2D eigenvalue weighted by Gasteiger charge is -2.29. The minimum Gasteiger partial charge on any atom is -0.456 e. The molecule has 0 spiro atoms. The number of H-pyrrole nitrogens is 1. The number of aromatic amines is 1. The molecule has 182 valence electrons. The van der Waals surface area contributed by atoms with Crippen LogP contribution in [0.3, 0.4) is 0 Å². The number of nitrogens with zero attached hydrogens (tertiary/aromatic N) is 2. The van der Waals surface area contributed by atoms with E-state index < -0.39 is 0 Å². The number of benzene rings is 2. The topological polar surface area (TPSA) is 79.5 Å². The van der Waals surface area contributed by atoms with Gasteiger partial charge in [0.2, 0.25) is 5.56 Å². The molecule has 2 N–H and O–H groups in total. The van der Waals surface area contributed by atoms with Gasteiger partial charge in [0.05, 0.1) is 18.9 Å². The first-order valence-corrected chi connectivity index (χ1v) is 12.3. The van der Waals surface area contributed by atoms with E-state index in [2.05, 4.69) is 38.4 Å². The van der Waals surface area contributed by atoms with E-state index in [1.807, 2.05) is 49.5 Å². The van der Waals surface area contributed by atoms with Crippen molar-refractivity contribution >= 4 is 11.4 Å². The molecule has 0 amide bonds. The molecule has 2 aliphatic rings. The van der Waals surface area contributed by atoms with Gasteiger partial charge in [-0.05, 0) is 60.5 Å². The molecule has 1 fully saturated rings. The Bertz CT molecular complexity index is 1470. The smallest absolute Gasteiger partial charge is 0.250 e. The highest BCUT2D eigenvalue weighted by Gasteiger charge is 2.22. The van der Waals surface area contributed by atoms with Crippen LogP contribution >= 0.6 is 0 Å². The number of hydrogen-bond donors (Lipinski definition) is 2. The zero-order valence-electron chi connectivity index (χ0n) is 20.2. The predicted octanol–water partition coefficient (Wildman–Crippen LogP) is 4.89. The predicted molar refractivity (Wildman–Crippen MR) is 141 cm³/mol. The maximum Gasteiger partial charge on any atom is 0.250 e. The first-order valence-electron chi connectivity index (χ1n) is 12.3. The lowest BCUT2D eigenvalue weighted by Crippen LogP contribution is -2.36. The minimum absolute atomic E-state index is 0.122. The highest BCUT2D eigenvalue weighted by Crippen LogP contribution is 2.43. The average molecular weight is 481 g/mol. The fourth-order valence-electron chi connectivity index (χ4n) is 4.90. The third-order valence-corrected chi connectivity index (χ3v) is 6.70. The van der Waals surface area contributed by atoms with Crippen LogP contribution in [-0.2, 0) is 17.7 Å². The normalized spacial score (nSPS) is 14.5. The quantitative estimate of drug-likeness (QED) is 0.373. The van der Waals surface area contributed by atoms with E-state index in [0.29, 0.717) is 13.2 Å². The number of nitrogens with one attached hydrogen (secondary N) is 2. The summed E-state index contributed by atoms with van der Waals surface area (Å²) < 4.78 is 11.9. The summed E-state index contributed by atoms with van der Waals surface area (Å²) >= 11 is 0. The number of aryl methyl sites for hydroxylation is 1. The first-order chi connectivity index (χ1) is 17.6. The second kappa shape index (κ2) is 9.51. The molecule has 0 bridgehead atoms. The summed E-state index contributed by atoms with van der Waals surface area (Å²) in [6, 6.07) is 20.1. The van der Waals surface area contributed by atoms with Gasteiger partial charge in [0, 0.05) is 66.5 Å². The molecule has 36 heavy (non-hydrogen) atoms. The lowest BCUT2D eigenvalue weighted by molar-refractivity contribution is 0.122. The van der Waals surface area contributed by atoms with Crippen molar-refractivity contribution in [2.75, 3.05) is 36.5 Å². The summed E-state index contributed by atoms with van der Waals surface area (Å²) in [6.45, 7) is 5.62. The van der Waals surface area contributed by atoms with E-state index in [1.165, 1.54) is 5.56 Å². The van der Waals surface area contributed by atoms with E-state index in [-0.39, 0.29) is 5.56 Å².